The van der Waals surface area contributed by atoms with Crippen LogP contribution in [0, 0.1) is 5.92 Å². The molecule has 4 rings (SSSR count). The van der Waals surface area contributed by atoms with Gasteiger partial charge in [-0.05, 0) is 36.6 Å². The lowest BCUT2D eigenvalue weighted by atomic mass is 10.1. The molecule has 0 bridgehead atoms. The summed E-state index contributed by atoms with van der Waals surface area (Å²) in [4.78, 5) is 33.9. The van der Waals surface area contributed by atoms with Gasteiger partial charge in [-0.3, -0.25) is 9.97 Å². The van der Waals surface area contributed by atoms with E-state index in [1.807, 2.05) is 20.8 Å². The van der Waals surface area contributed by atoms with E-state index < -0.39 is 18.0 Å². The highest BCUT2D eigenvalue weighted by Gasteiger charge is 2.38. The number of amides is 1. The topological polar surface area (TPSA) is 106 Å². The Labute approximate surface area is 193 Å². The summed E-state index contributed by atoms with van der Waals surface area (Å²) in [5.74, 6) is 0.579. The number of nitrogens with zero attached hydrogens (tertiary/aromatic N) is 6. The standard InChI is InChI=1S/C22H22F3N7O2/c1-12(2)17-10-34-21(33)32(17)20-29-11-28-19(31-20)30-13(3)16-5-4-15(9-27-16)14-6-7-26-18(8-14)22(23,24)25/h4-9,11-13,17H,10H2,1-3H3,(H,28,29,30,31)/t13-,17?/m0/s1. The van der Waals surface area contributed by atoms with Gasteiger partial charge in [0.1, 0.15) is 18.6 Å². The fourth-order valence-electron chi connectivity index (χ4n) is 3.49. The summed E-state index contributed by atoms with van der Waals surface area (Å²) in [5.41, 5.74) is 0.549. The molecule has 0 radical (unpaired) electrons. The van der Waals surface area contributed by atoms with Crippen molar-refractivity contribution in [2.24, 2.45) is 5.92 Å². The molecule has 1 amide bonds. The van der Waals surface area contributed by atoms with E-state index in [1.165, 1.54) is 23.5 Å². The van der Waals surface area contributed by atoms with Crippen molar-refractivity contribution < 1.29 is 22.7 Å². The summed E-state index contributed by atoms with van der Waals surface area (Å²) in [6.45, 7) is 6.06. The fourth-order valence-corrected chi connectivity index (χ4v) is 3.49. The number of cyclic esters (lactones) is 1. The largest absolute Gasteiger partial charge is 0.447 e. The predicted molar refractivity (Wildman–Crippen MR) is 117 cm³/mol. The molecule has 1 N–H and O–H groups in total. The molecule has 0 spiro atoms. The number of rotatable bonds is 6. The smallest absolute Gasteiger partial charge is 0.433 e. The highest BCUT2D eigenvalue weighted by Crippen LogP contribution is 2.31. The molecular formula is C22H22F3N7O2. The third-order valence-corrected chi connectivity index (χ3v) is 5.41. The van der Waals surface area contributed by atoms with Gasteiger partial charge in [-0.2, -0.15) is 18.2 Å². The number of carbonyl (C=O) groups excluding carboxylic acids is 1. The van der Waals surface area contributed by atoms with Crippen molar-refractivity contribution in [2.75, 3.05) is 16.8 Å². The Morgan fingerprint density at radius 3 is 2.56 bits per heavy atom. The highest BCUT2D eigenvalue weighted by molar-refractivity contribution is 5.88. The van der Waals surface area contributed by atoms with Gasteiger partial charge < -0.3 is 10.1 Å². The molecule has 1 aliphatic heterocycles. The van der Waals surface area contributed by atoms with Crippen LogP contribution in [-0.2, 0) is 10.9 Å². The first-order chi connectivity index (χ1) is 16.1. The van der Waals surface area contributed by atoms with Gasteiger partial charge in [-0.25, -0.2) is 19.7 Å². The lowest BCUT2D eigenvalue weighted by Crippen LogP contribution is -2.38. The number of anilines is 2. The molecule has 34 heavy (non-hydrogen) atoms. The quantitative estimate of drug-likeness (QED) is 0.558. The molecule has 3 aromatic rings. The van der Waals surface area contributed by atoms with E-state index in [-0.39, 0.29) is 36.5 Å². The minimum atomic E-state index is -4.52. The summed E-state index contributed by atoms with van der Waals surface area (Å²) < 4.78 is 44.0. The predicted octanol–water partition coefficient (Wildman–Crippen LogP) is 4.50. The van der Waals surface area contributed by atoms with Gasteiger partial charge in [0.15, 0.2) is 0 Å². The van der Waals surface area contributed by atoms with E-state index in [9.17, 15) is 18.0 Å². The Bertz CT molecular complexity index is 1170. The number of pyridine rings is 2. The lowest BCUT2D eigenvalue weighted by molar-refractivity contribution is -0.141. The van der Waals surface area contributed by atoms with Crippen LogP contribution in [0.2, 0.25) is 0 Å². The number of aromatic nitrogens is 5. The summed E-state index contributed by atoms with van der Waals surface area (Å²) in [5, 5.41) is 3.11. The molecule has 9 nitrogen and oxygen atoms in total. The zero-order valence-corrected chi connectivity index (χ0v) is 18.6. The number of hydrogen-bond acceptors (Lipinski definition) is 8. The number of nitrogens with one attached hydrogen (secondary N) is 1. The van der Waals surface area contributed by atoms with Gasteiger partial charge in [0.25, 0.3) is 0 Å². The Balaban J connectivity index is 1.49. The maximum atomic E-state index is 12.9. The van der Waals surface area contributed by atoms with E-state index in [2.05, 4.69) is 30.2 Å². The second-order valence-corrected chi connectivity index (χ2v) is 8.13. The first kappa shape index (κ1) is 23.3. The highest BCUT2D eigenvalue weighted by atomic mass is 19.4. The average Bonchev–Trinajstić information content (AvgIpc) is 3.20. The first-order valence-electron chi connectivity index (χ1n) is 10.5. The second kappa shape index (κ2) is 9.20. The Hall–Kier alpha value is -3.83. The molecule has 178 valence electrons. The van der Waals surface area contributed by atoms with Gasteiger partial charge in [0, 0.05) is 18.0 Å². The SMILES string of the molecule is CC(C)C1COC(=O)N1c1ncnc(N[C@@H](C)c2ccc(-c3ccnc(C(F)(F)F)c3)cn2)n1. The van der Waals surface area contributed by atoms with Crippen molar-refractivity contribution >= 4 is 18.0 Å². The number of ether oxygens (including phenoxy) is 1. The molecule has 3 aromatic heterocycles. The molecule has 2 atom stereocenters. The molecule has 4 heterocycles. The molecule has 12 heteroatoms. The minimum absolute atomic E-state index is 0.147. The average molecular weight is 473 g/mol. The fraction of sp³-hybridized carbons (Fsp3) is 0.364. The third-order valence-electron chi connectivity index (χ3n) is 5.41. The number of carbonyl (C=O) groups is 1. The Morgan fingerprint density at radius 1 is 1.09 bits per heavy atom. The van der Waals surface area contributed by atoms with Crippen molar-refractivity contribution in [3.8, 4) is 11.1 Å². The van der Waals surface area contributed by atoms with Crippen LogP contribution in [0.4, 0.5) is 29.9 Å². The molecular weight excluding hydrogens is 451 g/mol. The van der Waals surface area contributed by atoms with Crippen LogP contribution in [0.3, 0.4) is 0 Å². The van der Waals surface area contributed by atoms with E-state index in [4.69, 9.17) is 4.74 Å². The van der Waals surface area contributed by atoms with Crippen LogP contribution in [0.1, 0.15) is 38.2 Å². The van der Waals surface area contributed by atoms with Gasteiger partial charge in [-0.15, -0.1) is 0 Å². The van der Waals surface area contributed by atoms with Crippen LogP contribution in [0.5, 0.6) is 0 Å². The summed E-state index contributed by atoms with van der Waals surface area (Å²) in [7, 11) is 0. The van der Waals surface area contributed by atoms with Crippen molar-refractivity contribution in [3.05, 3.63) is 54.4 Å². The van der Waals surface area contributed by atoms with E-state index in [0.29, 0.717) is 16.8 Å². The van der Waals surface area contributed by atoms with Crippen molar-refractivity contribution in [2.45, 2.75) is 39.0 Å². The Kier molecular flexibility index (Phi) is 6.31. The summed E-state index contributed by atoms with van der Waals surface area (Å²) >= 11 is 0. The maximum Gasteiger partial charge on any atom is 0.433 e. The molecule has 1 unspecified atom stereocenters. The van der Waals surface area contributed by atoms with Crippen molar-refractivity contribution in [1.29, 1.82) is 0 Å². The molecule has 1 fully saturated rings. The van der Waals surface area contributed by atoms with Crippen molar-refractivity contribution in [1.82, 2.24) is 24.9 Å². The minimum Gasteiger partial charge on any atom is -0.447 e. The van der Waals surface area contributed by atoms with Crippen LogP contribution in [0.25, 0.3) is 11.1 Å². The molecule has 0 saturated carbocycles. The summed E-state index contributed by atoms with van der Waals surface area (Å²) in [6, 6.07) is 5.35. The van der Waals surface area contributed by atoms with Gasteiger partial charge in [-0.1, -0.05) is 19.9 Å². The second-order valence-electron chi connectivity index (χ2n) is 8.13. The zero-order valence-electron chi connectivity index (χ0n) is 18.6. The first-order valence-corrected chi connectivity index (χ1v) is 10.5. The van der Waals surface area contributed by atoms with Crippen LogP contribution < -0.4 is 10.2 Å². The number of halogens is 3. The van der Waals surface area contributed by atoms with Gasteiger partial charge >= 0.3 is 12.3 Å². The number of hydrogen-bond donors (Lipinski definition) is 1. The molecule has 0 aliphatic carbocycles. The normalized spacial score (nSPS) is 17.1. The monoisotopic (exact) mass is 473 g/mol. The van der Waals surface area contributed by atoms with E-state index in [0.717, 1.165) is 12.3 Å². The van der Waals surface area contributed by atoms with Gasteiger partial charge in [0.05, 0.1) is 17.8 Å². The summed E-state index contributed by atoms with van der Waals surface area (Å²) in [6.07, 6.45) is -1.11. The molecule has 1 saturated heterocycles. The van der Waals surface area contributed by atoms with Crippen molar-refractivity contribution in [3.63, 3.8) is 0 Å². The van der Waals surface area contributed by atoms with E-state index >= 15 is 0 Å². The van der Waals surface area contributed by atoms with Crippen LogP contribution in [-0.4, -0.2) is 43.7 Å². The van der Waals surface area contributed by atoms with E-state index in [1.54, 1.807) is 12.1 Å². The van der Waals surface area contributed by atoms with Crippen LogP contribution >= 0.6 is 0 Å². The Morgan fingerprint density at radius 2 is 1.88 bits per heavy atom. The number of alkyl halides is 3. The van der Waals surface area contributed by atoms with Gasteiger partial charge in [0.2, 0.25) is 11.9 Å². The van der Waals surface area contributed by atoms with Crippen LogP contribution in [0.15, 0.2) is 43.0 Å². The lowest BCUT2D eigenvalue weighted by Gasteiger charge is -2.22. The zero-order chi connectivity index (χ0) is 24.5. The molecule has 1 aliphatic rings. The molecule has 0 aromatic carbocycles. The third kappa shape index (κ3) is 4.90. The maximum absolute atomic E-state index is 12.9.